The number of carbonyl (C=O) groups is 1. The van der Waals surface area contributed by atoms with Crippen molar-refractivity contribution in [2.75, 3.05) is 20.1 Å². The molecule has 0 aliphatic rings. The second kappa shape index (κ2) is 11.5. The van der Waals surface area contributed by atoms with E-state index in [1.165, 1.54) is 19.3 Å². The van der Waals surface area contributed by atoms with Crippen LogP contribution in [0.5, 0.6) is 0 Å². The molecular formula is C18H30N4O. The van der Waals surface area contributed by atoms with E-state index in [-0.39, 0.29) is 5.91 Å². The van der Waals surface area contributed by atoms with Gasteiger partial charge in [0.25, 0.3) is 5.91 Å². The van der Waals surface area contributed by atoms with Crippen molar-refractivity contribution in [2.45, 2.75) is 46.1 Å². The van der Waals surface area contributed by atoms with Gasteiger partial charge in [0, 0.05) is 32.2 Å². The van der Waals surface area contributed by atoms with E-state index in [4.69, 9.17) is 0 Å². The fourth-order valence-corrected chi connectivity index (χ4v) is 2.25. The highest BCUT2D eigenvalue weighted by Gasteiger charge is 2.05. The van der Waals surface area contributed by atoms with E-state index in [0.717, 1.165) is 24.5 Å². The van der Waals surface area contributed by atoms with Gasteiger partial charge in [-0.15, -0.1) is 0 Å². The Balaban J connectivity index is 2.43. The molecule has 1 rings (SSSR count). The van der Waals surface area contributed by atoms with Gasteiger partial charge in [-0.2, -0.15) is 0 Å². The molecule has 0 unspecified atom stereocenters. The van der Waals surface area contributed by atoms with Crippen LogP contribution in [0.1, 0.15) is 55.5 Å². The number of guanidine groups is 1. The van der Waals surface area contributed by atoms with E-state index < -0.39 is 0 Å². The number of carbonyl (C=O) groups excluding carboxylic acids is 1. The topological polar surface area (TPSA) is 65.5 Å². The van der Waals surface area contributed by atoms with Gasteiger partial charge in [-0.1, -0.05) is 38.3 Å². The van der Waals surface area contributed by atoms with E-state index in [0.29, 0.717) is 18.7 Å². The van der Waals surface area contributed by atoms with Crippen molar-refractivity contribution < 1.29 is 4.79 Å². The van der Waals surface area contributed by atoms with Crippen molar-refractivity contribution in [3.8, 4) is 0 Å². The minimum Gasteiger partial charge on any atom is -0.356 e. The van der Waals surface area contributed by atoms with Crippen LogP contribution in [0.2, 0.25) is 0 Å². The third-order valence-electron chi connectivity index (χ3n) is 3.53. The molecule has 23 heavy (non-hydrogen) atoms. The Bertz CT molecular complexity index is 500. The second-order valence-electron chi connectivity index (χ2n) is 5.47. The molecule has 1 aromatic carbocycles. The van der Waals surface area contributed by atoms with Gasteiger partial charge in [0.1, 0.15) is 0 Å². The summed E-state index contributed by atoms with van der Waals surface area (Å²) in [6.45, 7) is 6.33. The summed E-state index contributed by atoms with van der Waals surface area (Å²) in [7, 11) is 1.77. The zero-order chi connectivity index (χ0) is 16.9. The van der Waals surface area contributed by atoms with Crippen LogP contribution in [0.3, 0.4) is 0 Å². The predicted molar refractivity (Wildman–Crippen MR) is 96.8 cm³/mol. The van der Waals surface area contributed by atoms with Gasteiger partial charge < -0.3 is 16.0 Å². The number of nitrogens with zero attached hydrogens (tertiary/aromatic N) is 1. The van der Waals surface area contributed by atoms with Crippen LogP contribution in [-0.4, -0.2) is 32.0 Å². The molecule has 0 aliphatic heterocycles. The van der Waals surface area contributed by atoms with Crippen molar-refractivity contribution in [3.05, 3.63) is 35.4 Å². The molecule has 0 atom stereocenters. The molecule has 0 aromatic heterocycles. The largest absolute Gasteiger partial charge is 0.356 e. The number of rotatable bonds is 9. The summed E-state index contributed by atoms with van der Waals surface area (Å²) in [4.78, 5) is 16.1. The average Bonchev–Trinajstić information content (AvgIpc) is 2.58. The van der Waals surface area contributed by atoms with Gasteiger partial charge in [0.2, 0.25) is 0 Å². The molecule has 5 nitrogen and oxygen atoms in total. The van der Waals surface area contributed by atoms with Crippen LogP contribution >= 0.6 is 0 Å². The van der Waals surface area contributed by atoms with Crippen LogP contribution < -0.4 is 16.0 Å². The molecule has 3 N–H and O–H groups in total. The number of hydrogen-bond donors (Lipinski definition) is 3. The van der Waals surface area contributed by atoms with Crippen LogP contribution in [-0.2, 0) is 6.54 Å². The zero-order valence-electron chi connectivity index (χ0n) is 14.6. The third kappa shape index (κ3) is 7.68. The van der Waals surface area contributed by atoms with Crippen LogP contribution in [0, 0.1) is 0 Å². The van der Waals surface area contributed by atoms with Gasteiger partial charge >= 0.3 is 0 Å². The van der Waals surface area contributed by atoms with Gasteiger partial charge in [-0.25, -0.2) is 0 Å². The monoisotopic (exact) mass is 318 g/mol. The Morgan fingerprint density at radius 2 is 1.91 bits per heavy atom. The number of unbranched alkanes of at least 4 members (excludes halogenated alkanes) is 3. The van der Waals surface area contributed by atoms with Gasteiger partial charge in [-0.3, -0.25) is 9.79 Å². The van der Waals surface area contributed by atoms with E-state index in [9.17, 15) is 4.79 Å². The van der Waals surface area contributed by atoms with Gasteiger partial charge in [0.15, 0.2) is 5.96 Å². The summed E-state index contributed by atoms with van der Waals surface area (Å²) in [6.07, 6.45) is 4.92. The molecule has 0 saturated carbocycles. The van der Waals surface area contributed by atoms with E-state index >= 15 is 0 Å². The Morgan fingerprint density at radius 3 is 2.61 bits per heavy atom. The zero-order valence-corrected chi connectivity index (χ0v) is 14.6. The maximum atomic E-state index is 11.9. The molecule has 0 spiro atoms. The van der Waals surface area contributed by atoms with Crippen molar-refractivity contribution in [1.82, 2.24) is 16.0 Å². The average molecular weight is 318 g/mol. The van der Waals surface area contributed by atoms with Crippen molar-refractivity contribution in [2.24, 2.45) is 4.99 Å². The molecule has 128 valence electrons. The molecular weight excluding hydrogens is 288 g/mol. The Kier molecular flexibility index (Phi) is 9.52. The smallest absolute Gasteiger partial charge is 0.251 e. The van der Waals surface area contributed by atoms with Crippen LogP contribution in [0.25, 0.3) is 0 Å². The van der Waals surface area contributed by atoms with Gasteiger partial charge in [0.05, 0.1) is 0 Å². The van der Waals surface area contributed by atoms with Crippen LogP contribution in [0.4, 0.5) is 0 Å². The van der Waals surface area contributed by atoms with Crippen LogP contribution in [0.15, 0.2) is 29.3 Å². The van der Waals surface area contributed by atoms with E-state index in [1.54, 1.807) is 7.05 Å². The van der Waals surface area contributed by atoms with Crippen molar-refractivity contribution in [1.29, 1.82) is 0 Å². The number of amides is 1. The van der Waals surface area contributed by atoms with Gasteiger partial charge in [-0.05, 0) is 31.0 Å². The molecule has 0 saturated heterocycles. The predicted octanol–water partition coefficient (Wildman–Crippen LogP) is 2.68. The maximum Gasteiger partial charge on any atom is 0.251 e. The first-order valence-electron chi connectivity index (χ1n) is 8.52. The molecule has 1 amide bonds. The number of hydrogen-bond acceptors (Lipinski definition) is 2. The van der Waals surface area contributed by atoms with Crippen molar-refractivity contribution in [3.63, 3.8) is 0 Å². The molecule has 0 radical (unpaired) electrons. The summed E-state index contributed by atoms with van der Waals surface area (Å²) in [6, 6.07) is 7.65. The molecule has 1 aromatic rings. The van der Waals surface area contributed by atoms with E-state index in [1.807, 2.05) is 31.2 Å². The highest BCUT2D eigenvalue weighted by molar-refractivity contribution is 5.94. The lowest BCUT2D eigenvalue weighted by Gasteiger charge is -2.12. The second-order valence-corrected chi connectivity index (χ2v) is 5.47. The normalized spacial score (nSPS) is 11.2. The fourth-order valence-electron chi connectivity index (χ4n) is 2.25. The first-order valence-corrected chi connectivity index (χ1v) is 8.52. The number of aliphatic imine (C=N–C) groups is 1. The molecule has 0 fully saturated rings. The summed E-state index contributed by atoms with van der Waals surface area (Å²) in [5.41, 5.74) is 1.75. The maximum absolute atomic E-state index is 11.9. The molecule has 0 bridgehead atoms. The first-order chi connectivity index (χ1) is 11.2. The van der Waals surface area contributed by atoms with Crippen molar-refractivity contribution >= 4 is 11.9 Å². The highest BCUT2D eigenvalue weighted by Crippen LogP contribution is 2.05. The first kappa shape index (κ1) is 19.0. The Morgan fingerprint density at radius 1 is 1.09 bits per heavy atom. The highest BCUT2D eigenvalue weighted by atomic mass is 16.1. The number of benzene rings is 1. The molecule has 0 aliphatic carbocycles. The lowest BCUT2D eigenvalue weighted by Crippen LogP contribution is -2.37. The molecule has 0 heterocycles. The summed E-state index contributed by atoms with van der Waals surface area (Å²) < 4.78 is 0. The fraction of sp³-hybridized carbons (Fsp3) is 0.556. The minimum atomic E-state index is -0.0345. The standard InChI is InChI=1S/C18H30N4O/c1-4-6-7-8-12-21-18(19-3)22-14-15-10-9-11-16(13-15)17(23)20-5-2/h9-11,13H,4-8,12,14H2,1-3H3,(H,20,23)(H2,19,21,22). The lowest BCUT2D eigenvalue weighted by atomic mass is 10.1. The summed E-state index contributed by atoms with van der Waals surface area (Å²) in [5, 5.41) is 9.41. The van der Waals surface area contributed by atoms with E-state index in [2.05, 4.69) is 27.9 Å². The Hall–Kier alpha value is -2.04. The third-order valence-corrected chi connectivity index (χ3v) is 3.53. The summed E-state index contributed by atoms with van der Waals surface area (Å²) in [5.74, 6) is 0.762. The lowest BCUT2D eigenvalue weighted by molar-refractivity contribution is 0.0955. The summed E-state index contributed by atoms with van der Waals surface area (Å²) >= 11 is 0. The number of nitrogens with one attached hydrogen (secondary N) is 3. The minimum absolute atomic E-state index is 0.0345. The molecule has 5 heteroatoms. The quantitative estimate of drug-likeness (QED) is 0.372. The SMILES string of the molecule is CCCCCCNC(=NC)NCc1cccc(C(=O)NCC)c1. The Labute approximate surface area is 140 Å².